The average Bonchev–Trinajstić information content (AvgIpc) is 3.68. The number of anilines is 1. The topological polar surface area (TPSA) is 48.9 Å². The normalized spacial score (nSPS) is 24.6. The first-order valence-corrected chi connectivity index (χ1v) is 16.4. The predicted octanol–water partition coefficient (Wildman–Crippen LogP) is 6.25. The fourth-order valence-electron chi connectivity index (χ4n) is 6.30. The summed E-state index contributed by atoms with van der Waals surface area (Å²) >= 11 is 2.04. The molecule has 3 saturated heterocycles. The van der Waals surface area contributed by atoms with Crippen LogP contribution in [0.4, 0.5) is 5.69 Å². The Kier molecular flexibility index (Phi) is 10.5. The van der Waals surface area contributed by atoms with E-state index >= 15 is 0 Å². The van der Waals surface area contributed by atoms with Gasteiger partial charge in [0.1, 0.15) is 16.7 Å². The summed E-state index contributed by atoms with van der Waals surface area (Å²) in [5.41, 5.74) is 3.88. The van der Waals surface area contributed by atoms with Crippen molar-refractivity contribution in [2.75, 3.05) is 50.5 Å². The first-order chi connectivity index (χ1) is 18.5. The van der Waals surface area contributed by atoms with Gasteiger partial charge in [0, 0.05) is 68.0 Å². The lowest BCUT2D eigenvalue weighted by molar-refractivity contribution is 0.350. The molecule has 1 aromatic heterocycles. The number of hydrogen-bond donors (Lipinski definition) is 0. The second-order valence-corrected chi connectivity index (χ2v) is 13.3. The van der Waals surface area contributed by atoms with E-state index < -0.39 is 11.0 Å². The summed E-state index contributed by atoms with van der Waals surface area (Å²) in [5, 5.41) is 0. The molecule has 8 heteroatoms. The Morgan fingerprint density at radius 2 is 1.79 bits per heavy atom. The largest absolute Gasteiger partial charge is 0.497 e. The van der Waals surface area contributed by atoms with Crippen molar-refractivity contribution >= 4 is 28.6 Å². The summed E-state index contributed by atoms with van der Waals surface area (Å²) in [4.78, 5) is 7.68. The number of nitrogens with zero attached hydrogens (tertiary/aromatic N) is 4. The van der Waals surface area contributed by atoms with Crippen LogP contribution in [0.5, 0.6) is 5.75 Å². The molecular weight excluding hydrogens is 512 g/mol. The molecule has 3 fully saturated rings. The van der Waals surface area contributed by atoms with Gasteiger partial charge in [0.2, 0.25) is 0 Å². The molecule has 5 rings (SSSR count). The Hall–Kier alpha value is -1.61. The highest BCUT2D eigenvalue weighted by Gasteiger charge is 2.43. The van der Waals surface area contributed by atoms with E-state index in [1.165, 1.54) is 44.6 Å². The molecule has 6 nitrogen and oxygen atoms in total. The van der Waals surface area contributed by atoms with Crippen LogP contribution < -0.4 is 9.64 Å². The molecule has 0 radical (unpaired) electrons. The number of rotatable bonds is 9. The number of methoxy groups -OCH3 is 1. The number of aryl methyl sites for hydroxylation is 2. The highest BCUT2D eigenvalue weighted by molar-refractivity contribution is 7.97. The second-order valence-electron chi connectivity index (χ2n) is 10.7. The maximum absolute atomic E-state index is 13.6. The molecule has 1 spiro atoms. The molecule has 3 aliphatic rings. The molecular formula is C30H46N4O2S2. The van der Waals surface area contributed by atoms with Crippen molar-refractivity contribution < 1.29 is 8.95 Å². The van der Waals surface area contributed by atoms with Gasteiger partial charge >= 0.3 is 0 Å². The minimum Gasteiger partial charge on any atom is -0.497 e. The molecule has 38 heavy (non-hydrogen) atoms. The van der Waals surface area contributed by atoms with E-state index in [4.69, 9.17) is 4.74 Å². The Bertz CT molecular complexity index is 1050. The third-order valence-electron chi connectivity index (χ3n) is 8.21. The molecule has 0 bridgehead atoms. The smallest absolute Gasteiger partial charge is 0.128 e. The van der Waals surface area contributed by atoms with E-state index in [0.717, 1.165) is 59.9 Å². The van der Waals surface area contributed by atoms with Gasteiger partial charge in [0.15, 0.2) is 0 Å². The monoisotopic (exact) mass is 558 g/mol. The fourth-order valence-corrected chi connectivity index (χ4v) is 9.12. The lowest BCUT2D eigenvalue weighted by Gasteiger charge is -2.26. The quantitative estimate of drug-likeness (QED) is 0.268. The Balaban J connectivity index is 0.00000164. The zero-order valence-electron chi connectivity index (χ0n) is 23.9. The highest BCUT2D eigenvalue weighted by Crippen LogP contribution is 2.43. The van der Waals surface area contributed by atoms with Gasteiger partial charge < -0.3 is 9.64 Å². The van der Waals surface area contributed by atoms with Crippen molar-refractivity contribution in [2.45, 2.75) is 77.2 Å². The summed E-state index contributed by atoms with van der Waals surface area (Å²) in [5.74, 6) is 1.99. The van der Waals surface area contributed by atoms with E-state index in [-0.39, 0.29) is 0 Å². The minimum absolute atomic E-state index is 0.418. The van der Waals surface area contributed by atoms with Crippen LogP contribution in [-0.4, -0.2) is 69.4 Å². The van der Waals surface area contributed by atoms with Gasteiger partial charge in [-0.3, -0.25) is 4.98 Å². The van der Waals surface area contributed by atoms with Crippen molar-refractivity contribution in [2.24, 2.45) is 5.41 Å². The summed E-state index contributed by atoms with van der Waals surface area (Å²) < 4.78 is 23.9. The minimum atomic E-state index is -1.10. The van der Waals surface area contributed by atoms with Crippen LogP contribution in [0.15, 0.2) is 41.6 Å². The zero-order valence-corrected chi connectivity index (χ0v) is 25.6. The van der Waals surface area contributed by atoms with Crippen LogP contribution in [0.3, 0.4) is 0 Å². The highest BCUT2D eigenvalue weighted by atomic mass is 32.2. The molecule has 4 heterocycles. The molecule has 3 unspecified atom stereocenters. The Morgan fingerprint density at radius 3 is 2.50 bits per heavy atom. The van der Waals surface area contributed by atoms with E-state index in [9.17, 15) is 4.21 Å². The number of pyridine rings is 1. The third-order valence-corrected chi connectivity index (χ3v) is 11.3. The van der Waals surface area contributed by atoms with Crippen LogP contribution in [-0.2, 0) is 11.0 Å². The van der Waals surface area contributed by atoms with E-state index in [2.05, 4.69) is 30.6 Å². The van der Waals surface area contributed by atoms with Crippen molar-refractivity contribution in [3.63, 3.8) is 0 Å². The van der Waals surface area contributed by atoms with Crippen molar-refractivity contribution in [1.82, 2.24) is 13.6 Å². The average molecular weight is 559 g/mol. The zero-order chi connectivity index (χ0) is 27.1. The van der Waals surface area contributed by atoms with Crippen LogP contribution in [0.25, 0.3) is 0 Å². The molecule has 210 valence electrons. The lowest BCUT2D eigenvalue weighted by Crippen LogP contribution is -2.32. The van der Waals surface area contributed by atoms with Crippen LogP contribution in [0, 0.1) is 19.3 Å². The summed E-state index contributed by atoms with van der Waals surface area (Å²) in [6.07, 6.45) is 11.0. The molecule has 0 aliphatic carbocycles. The van der Waals surface area contributed by atoms with Crippen LogP contribution in [0.2, 0.25) is 0 Å². The van der Waals surface area contributed by atoms with E-state index in [0.29, 0.717) is 11.5 Å². The van der Waals surface area contributed by atoms with Gasteiger partial charge in [-0.1, -0.05) is 25.8 Å². The molecule has 0 N–H and O–H groups in total. The van der Waals surface area contributed by atoms with Crippen molar-refractivity contribution in [1.29, 1.82) is 0 Å². The van der Waals surface area contributed by atoms with Crippen LogP contribution in [0.1, 0.15) is 63.5 Å². The molecule has 2 aromatic rings. The summed E-state index contributed by atoms with van der Waals surface area (Å²) in [6.45, 7) is 13.8. The van der Waals surface area contributed by atoms with Crippen molar-refractivity contribution in [3.05, 3.63) is 47.8 Å². The van der Waals surface area contributed by atoms with Gasteiger partial charge in [0.25, 0.3) is 0 Å². The molecule has 3 aliphatic heterocycles. The van der Waals surface area contributed by atoms with E-state index in [1.54, 1.807) is 7.11 Å². The van der Waals surface area contributed by atoms with Crippen LogP contribution >= 0.6 is 11.9 Å². The molecule has 1 aromatic carbocycles. The van der Waals surface area contributed by atoms with Gasteiger partial charge in [-0.15, -0.1) is 0 Å². The van der Waals surface area contributed by atoms with Gasteiger partial charge in [-0.25, -0.2) is 12.8 Å². The summed E-state index contributed by atoms with van der Waals surface area (Å²) in [7, 11) is 0.584. The van der Waals surface area contributed by atoms with E-state index in [1.807, 2.05) is 64.2 Å². The molecule has 0 saturated carbocycles. The van der Waals surface area contributed by atoms with Gasteiger partial charge in [-0.05, 0) is 87.8 Å². The standard InChI is InChI=1S/C28H40N4O2S2.C2H6/c1-22-18-26(34-3)19-23(2)27(22)36(33)32-14-4-6-25(32)7-5-17-35-31-16-11-28(21-31)10-15-30(20-28)24-8-12-29-13-9-24;1-2/h8-9,12-13,18-19,25H,4-7,10-11,14-17,20-21H2,1-3H3;1-2H3. The summed E-state index contributed by atoms with van der Waals surface area (Å²) in [6, 6.07) is 8.70. The maximum Gasteiger partial charge on any atom is 0.128 e. The number of benzene rings is 1. The predicted molar refractivity (Wildman–Crippen MR) is 161 cm³/mol. The molecule has 3 atom stereocenters. The number of hydrogen-bond acceptors (Lipinski definition) is 6. The second kappa shape index (κ2) is 13.6. The Morgan fingerprint density at radius 1 is 1.08 bits per heavy atom. The SMILES string of the molecule is CC.COc1cc(C)c(S(=O)N2CCCC2CCCSN2CCC3(CCN(c4ccncc4)C3)C2)c(C)c1. The van der Waals surface area contributed by atoms with Gasteiger partial charge in [0.05, 0.1) is 12.0 Å². The third kappa shape index (κ3) is 6.75. The molecule has 0 amide bonds. The maximum atomic E-state index is 13.6. The number of ether oxygens (including phenoxy) is 1. The lowest BCUT2D eigenvalue weighted by atomic mass is 9.86. The number of aromatic nitrogens is 1. The fraction of sp³-hybridized carbons (Fsp3) is 0.633. The van der Waals surface area contributed by atoms with Crippen molar-refractivity contribution in [3.8, 4) is 5.75 Å². The first kappa shape index (κ1) is 29.4. The van der Waals surface area contributed by atoms with Gasteiger partial charge in [-0.2, -0.15) is 0 Å². The Labute approximate surface area is 237 Å². The first-order valence-electron chi connectivity index (χ1n) is 14.3.